The van der Waals surface area contributed by atoms with E-state index in [0.717, 1.165) is 5.56 Å². The molecule has 1 aromatic heterocycles. The second kappa shape index (κ2) is 4.19. The molecule has 0 saturated heterocycles. The Bertz CT molecular complexity index is 617. The molecule has 0 bridgehead atoms. The summed E-state index contributed by atoms with van der Waals surface area (Å²) >= 11 is 0. The van der Waals surface area contributed by atoms with Crippen molar-refractivity contribution >= 4 is 15.9 Å². The molecule has 0 aliphatic rings. The van der Waals surface area contributed by atoms with Crippen LogP contribution >= 0.6 is 0 Å². The summed E-state index contributed by atoms with van der Waals surface area (Å²) in [7, 11) is -3.73. The minimum Gasteiger partial charge on any atom is -0.449 e. The number of hydrogen-bond acceptors (Lipinski definition) is 4. The molecule has 1 heterocycles. The lowest BCUT2D eigenvalue weighted by Crippen LogP contribution is -2.21. The fourth-order valence-electron chi connectivity index (χ4n) is 1.37. The minimum atomic E-state index is -3.73. The van der Waals surface area contributed by atoms with Gasteiger partial charge in [0.1, 0.15) is 12.0 Å². The summed E-state index contributed by atoms with van der Waals surface area (Å²) in [6.45, 7) is 1.75. The lowest BCUT2D eigenvalue weighted by Gasteiger charge is -2.03. The van der Waals surface area contributed by atoms with Gasteiger partial charge in [-0.05, 0) is 12.1 Å². The molecule has 0 unspecified atom stereocenters. The molecule has 0 aliphatic carbocycles. The molecule has 7 heteroatoms. The summed E-state index contributed by atoms with van der Waals surface area (Å²) in [5.41, 5.74) is 1.93. The average Bonchev–Trinajstić information content (AvgIpc) is 2.63. The van der Waals surface area contributed by atoms with Crippen LogP contribution in [0.4, 0.5) is 5.69 Å². The highest BCUT2D eigenvalue weighted by molar-refractivity contribution is 7.90. The van der Waals surface area contributed by atoms with Crippen LogP contribution < -0.4 is 9.86 Å². The number of nitrogens with one attached hydrogen (secondary N) is 1. The van der Waals surface area contributed by atoms with Crippen LogP contribution in [-0.4, -0.2) is 13.4 Å². The predicted molar refractivity (Wildman–Crippen MR) is 63.4 cm³/mol. The number of aryl methyl sites for hydroxylation is 1. The van der Waals surface area contributed by atoms with Gasteiger partial charge in [-0.15, -0.1) is 0 Å². The van der Waals surface area contributed by atoms with Crippen molar-refractivity contribution in [1.29, 1.82) is 0 Å². The third-order valence-corrected chi connectivity index (χ3v) is 2.58. The Morgan fingerprint density at radius 3 is 2.41 bits per heavy atom. The van der Waals surface area contributed by atoms with E-state index in [1.807, 2.05) is 0 Å². The maximum Gasteiger partial charge on any atom is 0.296 e. The van der Waals surface area contributed by atoms with Gasteiger partial charge in [0.05, 0.1) is 0 Å². The van der Waals surface area contributed by atoms with E-state index in [1.54, 1.807) is 31.2 Å². The van der Waals surface area contributed by atoms with Gasteiger partial charge in [-0.3, -0.25) is 4.72 Å². The number of hydrogen-bond donors (Lipinski definition) is 2. The molecule has 0 spiro atoms. The molecule has 1 aromatic carbocycles. The van der Waals surface area contributed by atoms with Crippen molar-refractivity contribution in [3.8, 4) is 11.3 Å². The maximum absolute atomic E-state index is 10.8. The number of nitrogens with zero attached hydrogens (tertiary/aromatic N) is 1. The Morgan fingerprint density at radius 1 is 1.29 bits per heavy atom. The summed E-state index contributed by atoms with van der Waals surface area (Å²) in [5, 5.41) is 4.85. The van der Waals surface area contributed by atoms with Gasteiger partial charge in [0, 0.05) is 18.2 Å². The van der Waals surface area contributed by atoms with Gasteiger partial charge in [0.25, 0.3) is 10.2 Å². The molecule has 2 rings (SSSR count). The maximum atomic E-state index is 10.8. The van der Waals surface area contributed by atoms with Crippen LogP contribution in [0.25, 0.3) is 11.3 Å². The number of aromatic nitrogens is 1. The molecular weight excluding hydrogens is 242 g/mol. The Morgan fingerprint density at radius 2 is 1.94 bits per heavy atom. The molecule has 0 atom stereocenters. The van der Waals surface area contributed by atoms with Crippen LogP contribution in [0.2, 0.25) is 0 Å². The quantitative estimate of drug-likeness (QED) is 0.860. The number of benzene rings is 1. The van der Waals surface area contributed by atoms with Crippen molar-refractivity contribution < 1.29 is 12.8 Å². The van der Waals surface area contributed by atoms with E-state index in [1.165, 1.54) is 6.26 Å². The van der Waals surface area contributed by atoms with E-state index >= 15 is 0 Å². The Balaban J connectivity index is 2.24. The van der Waals surface area contributed by atoms with E-state index in [2.05, 4.69) is 9.71 Å². The fourth-order valence-corrected chi connectivity index (χ4v) is 1.83. The molecule has 0 aliphatic heterocycles. The standard InChI is InChI=1S/C10H11N3O3S/c1-7-12-10(6-16-7)8-2-4-9(5-3-8)13-17(11,14)15/h2-6,13H,1H3,(H2,11,14,15). The zero-order valence-corrected chi connectivity index (χ0v) is 9.86. The molecule has 0 fully saturated rings. The first kappa shape index (κ1) is 11.6. The highest BCUT2D eigenvalue weighted by Gasteiger charge is 2.05. The zero-order valence-electron chi connectivity index (χ0n) is 9.04. The van der Waals surface area contributed by atoms with Crippen molar-refractivity contribution in [2.75, 3.05) is 4.72 Å². The SMILES string of the molecule is Cc1nc(-c2ccc(NS(N)(=O)=O)cc2)co1. The van der Waals surface area contributed by atoms with Gasteiger partial charge in [-0.25, -0.2) is 10.1 Å². The third-order valence-electron chi connectivity index (χ3n) is 2.06. The highest BCUT2D eigenvalue weighted by atomic mass is 32.2. The lowest BCUT2D eigenvalue weighted by molar-refractivity contribution is 0.521. The van der Waals surface area contributed by atoms with Gasteiger partial charge in [-0.1, -0.05) is 12.1 Å². The van der Waals surface area contributed by atoms with Crippen LogP contribution in [0.5, 0.6) is 0 Å². The second-order valence-corrected chi connectivity index (χ2v) is 4.77. The first-order chi connectivity index (χ1) is 7.94. The number of rotatable bonds is 3. The summed E-state index contributed by atoms with van der Waals surface area (Å²) < 4.78 is 28.9. The Hall–Kier alpha value is -1.86. The fraction of sp³-hybridized carbons (Fsp3) is 0.100. The van der Waals surface area contributed by atoms with Crippen LogP contribution in [0.3, 0.4) is 0 Å². The first-order valence-electron chi connectivity index (χ1n) is 4.77. The largest absolute Gasteiger partial charge is 0.449 e. The van der Waals surface area contributed by atoms with Gasteiger partial charge in [-0.2, -0.15) is 8.42 Å². The van der Waals surface area contributed by atoms with Gasteiger partial charge in [0.2, 0.25) is 0 Å². The second-order valence-electron chi connectivity index (χ2n) is 3.48. The van der Waals surface area contributed by atoms with E-state index in [4.69, 9.17) is 9.56 Å². The lowest BCUT2D eigenvalue weighted by atomic mass is 10.1. The normalized spacial score (nSPS) is 11.4. The monoisotopic (exact) mass is 253 g/mol. The van der Waals surface area contributed by atoms with Crippen molar-refractivity contribution in [2.45, 2.75) is 6.92 Å². The van der Waals surface area contributed by atoms with Crippen LogP contribution in [0, 0.1) is 6.92 Å². The number of oxazole rings is 1. The summed E-state index contributed by atoms with van der Waals surface area (Å²) in [6.07, 6.45) is 1.54. The van der Waals surface area contributed by atoms with E-state index < -0.39 is 10.2 Å². The van der Waals surface area contributed by atoms with Crippen molar-refractivity contribution in [2.24, 2.45) is 5.14 Å². The molecule has 0 radical (unpaired) electrons. The summed E-state index contributed by atoms with van der Waals surface area (Å²) in [5.74, 6) is 0.576. The molecule has 90 valence electrons. The van der Waals surface area contributed by atoms with Crippen LogP contribution in [0.1, 0.15) is 5.89 Å². The van der Waals surface area contributed by atoms with E-state index in [-0.39, 0.29) is 0 Å². The van der Waals surface area contributed by atoms with Crippen LogP contribution in [0.15, 0.2) is 34.9 Å². The Kier molecular flexibility index (Phi) is 2.86. The Labute approximate surface area is 98.7 Å². The van der Waals surface area contributed by atoms with Crippen molar-refractivity contribution in [3.63, 3.8) is 0 Å². The predicted octanol–water partition coefficient (Wildman–Crippen LogP) is 1.27. The summed E-state index contributed by atoms with van der Waals surface area (Å²) in [4.78, 5) is 4.16. The molecule has 0 amide bonds. The molecule has 2 aromatic rings. The van der Waals surface area contributed by atoms with E-state index in [0.29, 0.717) is 17.3 Å². The minimum absolute atomic E-state index is 0.400. The zero-order chi connectivity index (χ0) is 12.5. The smallest absolute Gasteiger partial charge is 0.296 e. The van der Waals surface area contributed by atoms with E-state index in [9.17, 15) is 8.42 Å². The van der Waals surface area contributed by atoms with Gasteiger partial charge >= 0.3 is 0 Å². The first-order valence-corrected chi connectivity index (χ1v) is 6.32. The third kappa shape index (κ3) is 3.05. The summed E-state index contributed by atoms with van der Waals surface area (Å²) in [6, 6.07) is 6.66. The van der Waals surface area contributed by atoms with Crippen molar-refractivity contribution in [3.05, 3.63) is 36.4 Å². The molecule has 3 N–H and O–H groups in total. The molecule has 17 heavy (non-hydrogen) atoms. The van der Waals surface area contributed by atoms with Crippen LogP contribution in [-0.2, 0) is 10.2 Å². The topological polar surface area (TPSA) is 98.2 Å². The highest BCUT2D eigenvalue weighted by Crippen LogP contribution is 2.20. The van der Waals surface area contributed by atoms with Gasteiger partial charge < -0.3 is 4.42 Å². The number of nitrogens with two attached hydrogens (primary N) is 1. The molecule has 0 saturated carbocycles. The van der Waals surface area contributed by atoms with Crippen molar-refractivity contribution in [1.82, 2.24) is 4.98 Å². The molecule has 6 nitrogen and oxygen atoms in total. The number of anilines is 1. The molecular formula is C10H11N3O3S. The average molecular weight is 253 g/mol. The van der Waals surface area contributed by atoms with Gasteiger partial charge in [0.15, 0.2) is 5.89 Å².